The summed E-state index contributed by atoms with van der Waals surface area (Å²) in [5.41, 5.74) is -5.38. The number of halogens is 11. The molecule has 170 valence electrons. The molecule has 31 heavy (non-hydrogen) atoms. The standard InChI is InChI=1S/C17H9F11N2O/c18-10-4-9(5-11(19)12(10)20)30-15(31)29-8-2-6(16(25,26)13(21)22)1-7(3-8)17(27,28)14(23)24/h1-5,13-14H,(H2,29,30,31). The highest BCUT2D eigenvalue weighted by Gasteiger charge is 2.47. The highest BCUT2D eigenvalue weighted by molar-refractivity contribution is 5.99. The van der Waals surface area contributed by atoms with Crippen LogP contribution in [0.25, 0.3) is 0 Å². The Kier molecular flexibility index (Phi) is 6.71. The molecule has 0 saturated heterocycles. The molecule has 2 N–H and O–H groups in total. The highest BCUT2D eigenvalue weighted by atomic mass is 19.3. The second-order valence-electron chi connectivity index (χ2n) is 5.98. The third kappa shape index (κ3) is 5.17. The number of carbonyl (C=O) groups excluding carboxylic acids is 1. The van der Waals surface area contributed by atoms with E-state index in [4.69, 9.17) is 0 Å². The van der Waals surface area contributed by atoms with Gasteiger partial charge in [-0.05, 0) is 18.2 Å². The van der Waals surface area contributed by atoms with Crippen molar-refractivity contribution in [3.8, 4) is 0 Å². The van der Waals surface area contributed by atoms with Gasteiger partial charge in [-0.15, -0.1) is 0 Å². The number of urea groups is 1. The van der Waals surface area contributed by atoms with Crippen LogP contribution in [0, 0.1) is 17.5 Å². The number of hydrogen-bond acceptors (Lipinski definition) is 1. The summed E-state index contributed by atoms with van der Waals surface area (Å²) in [6.07, 6.45) is -8.82. The van der Waals surface area contributed by atoms with E-state index in [-0.39, 0.29) is 18.2 Å². The number of anilines is 2. The van der Waals surface area contributed by atoms with E-state index in [0.29, 0.717) is 12.1 Å². The minimum atomic E-state index is -5.05. The van der Waals surface area contributed by atoms with Gasteiger partial charge in [0.15, 0.2) is 17.5 Å². The zero-order chi connectivity index (χ0) is 23.7. The van der Waals surface area contributed by atoms with Crippen LogP contribution in [0.3, 0.4) is 0 Å². The lowest BCUT2D eigenvalue weighted by molar-refractivity contribution is -0.140. The van der Waals surface area contributed by atoms with Gasteiger partial charge in [0.25, 0.3) is 0 Å². The molecule has 0 bridgehead atoms. The largest absolute Gasteiger partial charge is 0.332 e. The molecule has 0 saturated carbocycles. The quantitative estimate of drug-likeness (QED) is 0.372. The number of carbonyl (C=O) groups is 1. The van der Waals surface area contributed by atoms with Crippen LogP contribution in [0.4, 0.5) is 64.5 Å². The number of benzene rings is 2. The topological polar surface area (TPSA) is 41.1 Å². The molecule has 2 aromatic carbocycles. The fourth-order valence-electron chi connectivity index (χ4n) is 2.26. The number of nitrogens with one attached hydrogen (secondary N) is 2. The summed E-state index contributed by atoms with van der Waals surface area (Å²) in [5.74, 6) is -15.4. The van der Waals surface area contributed by atoms with Crippen LogP contribution < -0.4 is 10.6 Å². The first-order valence-electron chi connectivity index (χ1n) is 7.86. The Morgan fingerprint density at radius 1 is 0.677 bits per heavy atom. The summed E-state index contributed by atoms with van der Waals surface area (Å²) in [6, 6.07) is -0.975. The van der Waals surface area contributed by atoms with Gasteiger partial charge in [0, 0.05) is 34.6 Å². The van der Waals surface area contributed by atoms with Crippen LogP contribution in [0.5, 0.6) is 0 Å². The molecular formula is C17H9F11N2O. The first kappa shape index (κ1) is 24.2. The first-order chi connectivity index (χ1) is 14.2. The van der Waals surface area contributed by atoms with Crippen LogP contribution in [0.15, 0.2) is 30.3 Å². The van der Waals surface area contributed by atoms with Gasteiger partial charge in [0.05, 0.1) is 0 Å². The monoisotopic (exact) mass is 466 g/mol. The Bertz CT molecular complexity index is 917. The number of alkyl halides is 8. The Hall–Kier alpha value is -3.06. The number of hydrogen-bond donors (Lipinski definition) is 2. The normalized spacial score (nSPS) is 12.4. The zero-order valence-corrected chi connectivity index (χ0v) is 14.6. The molecule has 3 nitrogen and oxygen atoms in total. The van der Waals surface area contributed by atoms with Crippen molar-refractivity contribution in [1.82, 2.24) is 0 Å². The maximum atomic E-state index is 13.6. The van der Waals surface area contributed by atoms with Crippen molar-refractivity contribution in [2.75, 3.05) is 10.6 Å². The third-order valence-corrected chi connectivity index (χ3v) is 3.75. The molecular weight excluding hydrogens is 457 g/mol. The van der Waals surface area contributed by atoms with E-state index in [2.05, 4.69) is 0 Å². The van der Waals surface area contributed by atoms with Crippen LogP contribution >= 0.6 is 0 Å². The number of rotatable bonds is 6. The van der Waals surface area contributed by atoms with Crippen molar-refractivity contribution < 1.29 is 53.1 Å². The van der Waals surface area contributed by atoms with Crippen molar-refractivity contribution in [2.45, 2.75) is 24.7 Å². The summed E-state index contributed by atoms with van der Waals surface area (Å²) in [4.78, 5) is 11.8. The predicted octanol–water partition coefficient (Wildman–Crippen LogP) is 6.46. The van der Waals surface area contributed by atoms with Crippen LogP contribution in [-0.4, -0.2) is 18.9 Å². The molecule has 0 unspecified atom stereocenters. The zero-order valence-electron chi connectivity index (χ0n) is 14.6. The van der Waals surface area contributed by atoms with Crippen molar-refractivity contribution >= 4 is 17.4 Å². The maximum Gasteiger partial charge on any atom is 0.332 e. The van der Waals surface area contributed by atoms with Gasteiger partial charge < -0.3 is 10.6 Å². The molecule has 2 amide bonds. The third-order valence-electron chi connectivity index (χ3n) is 3.75. The van der Waals surface area contributed by atoms with E-state index in [1.807, 2.05) is 0 Å². The Labute approximate surface area is 165 Å². The van der Waals surface area contributed by atoms with Crippen molar-refractivity contribution in [2.24, 2.45) is 0 Å². The van der Waals surface area contributed by atoms with Crippen LogP contribution in [-0.2, 0) is 11.8 Å². The summed E-state index contributed by atoms with van der Waals surface area (Å²) < 4.78 is 144. The van der Waals surface area contributed by atoms with Gasteiger partial charge in [-0.2, -0.15) is 17.6 Å². The molecule has 0 radical (unpaired) electrons. The predicted molar refractivity (Wildman–Crippen MR) is 85.2 cm³/mol. The molecule has 0 aliphatic rings. The minimum absolute atomic E-state index is 0.114. The second-order valence-corrected chi connectivity index (χ2v) is 5.98. The van der Waals surface area contributed by atoms with E-state index >= 15 is 0 Å². The fraction of sp³-hybridized carbons (Fsp3) is 0.235. The molecule has 0 spiro atoms. The van der Waals surface area contributed by atoms with Crippen molar-refractivity contribution in [1.29, 1.82) is 0 Å². The lowest BCUT2D eigenvalue weighted by Crippen LogP contribution is -2.28. The van der Waals surface area contributed by atoms with E-state index in [9.17, 15) is 53.1 Å². The molecule has 0 fully saturated rings. The SMILES string of the molecule is O=C(Nc1cc(C(F)(F)C(F)F)cc(C(F)(F)C(F)F)c1)Nc1cc(F)c(F)c(F)c1. The molecule has 14 heteroatoms. The van der Waals surface area contributed by atoms with E-state index in [1.54, 1.807) is 10.6 Å². The average molecular weight is 466 g/mol. The molecule has 0 aliphatic heterocycles. The van der Waals surface area contributed by atoms with Gasteiger partial charge in [0.1, 0.15) is 0 Å². The molecule has 2 aromatic rings. The van der Waals surface area contributed by atoms with Gasteiger partial charge in [-0.1, -0.05) is 0 Å². The summed E-state index contributed by atoms with van der Waals surface area (Å²) in [7, 11) is 0. The Morgan fingerprint density at radius 3 is 1.39 bits per heavy atom. The van der Waals surface area contributed by atoms with Crippen molar-refractivity contribution in [3.63, 3.8) is 0 Å². The second kappa shape index (κ2) is 8.59. The fourth-order valence-corrected chi connectivity index (χ4v) is 2.26. The van der Waals surface area contributed by atoms with E-state index in [1.165, 1.54) is 0 Å². The van der Waals surface area contributed by atoms with Gasteiger partial charge >= 0.3 is 30.7 Å². The molecule has 0 heterocycles. The molecule has 0 atom stereocenters. The van der Waals surface area contributed by atoms with Gasteiger partial charge in [0.2, 0.25) is 0 Å². The van der Waals surface area contributed by atoms with Crippen LogP contribution in [0.2, 0.25) is 0 Å². The number of amides is 2. The average Bonchev–Trinajstić information content (AvgIpc) is 2.65. The summed E-state index contributed by atoms with van der Waals surface area (Å²) in [5, 5.41) is 3.29. The first-order valence-corrected chi connectivity index (χ1v) is 7.86. The van der Waals surface area contributed by atoms with E-state index < -0.39 is 70.7 Å². The van der Waals surface area contributed by atoms with Crippen LogP contribution in [0.1, 0.15) is 11.1 Å². The summed E-state index contributed by atoms with van der Waals surface area (Å²) >= 11 is 0. The Balaban J connectivity index is 2.42. The smallest absolute Gasteiger partial charge is 0.308 e. The lowest BCUT2D eigenvalue weighted by Gasteiger charge is -2.21. The lowest BCUT2D eigenvalue weighted by atomic mass is 10.00. The van der Waals surface area contributed by atoms with Crippen molar-refractivity contribution in [3.05, 3.63) is 58.9 Å². The Morgan fingerprint density at radius 2 is 1.03 bits per heavy atom. The molecule has 0 aliphatic carbocycles. The highest BCUT2D eigenvalue weighted by Crippen LogP contribution is 2.41. The van der Waals surface area contributed by atoms with Gasteiger partial charge in [-0.3, -0.25) is 0 Å². The minimum Gasteiger partial charge on any atom is -0.308 e. The summed E-state index contributed by atoms with van der Waals surface area (Å²) in [6.45, 7) is 0. The maximum absolute atomic E-state index is 13.6. The molecule has 2 rings (SSSR count). The molecule has 0 aromatic heterocycles. The van der Waals surface area contributed by atoms with Gasteiger partial charge in [-0.25, -0.2) is 35.5 Å². The van der Waals surface area contributed by atoms with E-state index in [0.717, 1.165) is 0 Å².